The second kappa shape index (κ2) is 7.70. The number of benzene rings is 2. The molecule has 0 radical (unpaired) electrons. The first-order valence-corrected chi connectivity index (χ1v) is 8.62. The summed E-state index contributed by atoms with van der Waals surface area (Å²) in [5.74, 6) is 1.38. The van der Waals surface area contributed by atoms with Crippen LogP contribution >= 0.6 is 0 Å². The van der Waals surface area contributed by atoms with Crippen molar-refractivity contribution < 1.29 is 4.74 Å². The van der Waals surface area contributed by atoms with Gasteiger partial charge < -0.3 is 10.1 Å². The molecule has 4 rings (SSSR count). The van der Waals surface area contributed by atoms with Gasteiger partial charge in [-0.15, -0.1) is 0 Å². The number of rotatable bonds is 6. The maximum atomic E-state index is 5.28. The molecule has 0 aliphatic rings. The third-order valence-corrected chi connectivity index (χ3v) is 4.15. The molecule has 134 valence electrons. The zero-order valence-corrected chi connectivity index (χ0v) is 14.9. The third kappa shape index (κ3) is 3.95. The van der Waals surface area contributed by atoms with Crippen molar-refractivity contribution in [2.75, 3.05) is 12.4 Å². The maximum Gasteiger partial charge on any atom is 0.223 e. The van der Waals surface area contributed by atoms with Crippen LogP contribution in [0.3, 0.4) is 0 Å². The minimum Gasteiger partial charge on any atom is -0.497 e. The molecule has 6 heteroatoms. The predicted octanol–water partition coefficient (Wildman–Crippen LogP) is 3.95. The number of hydrogen-bond acceptors (Lipinski definition) is 5. The highest BCUT2D eigenvalue weighted by Gasteiger charge is 2.07. The summed E-state index contributed by atoms with van der Waals surface area (Å²) in [6, 6.07) is 19.8. The Bertz CT molecular complexity index is 1030. The molecule has 0 spiro atoms. The molecule has 6 nitrogen and oxygen atoms in total. The van der Waals surface area contributed by atoms with Gasteiger partial charge in [-0.1, -0.05) is 36.4 Å². The summed E-state index contributed by atoms with van der Waals surface area (Å²) < 4.78 is 7.08. The highest BCUT2D eigenvalue weighted by Crippen LogP contribution is 2.21. The Morgan fingerprint density at radius 1 is 1.04 bits per heavy atom. The number of methoxy groups -OCH3 is 1. The molecule has 0 unspecified atom stereocenters. The highest BCUT2D eigenvalue weighted by atomic mass is 16.5. The zero-order chi connectivity index (χ0) is 18.5. The minimum absolute atomic E-state index is 0.588. The predicted molar refractivity (Wildman–Crippen MR) is 105 cm³/mol. The number of aromatic nitrogens is 4. The molecule has 4 aromatic rings. The van der Waals surface area contributed by atoms with E-state index in [0.717, 1.165) is 22.7 Å². The van der Waals surface area contributed by atoms with Gasteiger partial charge in [0.25, 0.3) is 0 Å². The van der Waals surface area contributed by atoms with Gasteiger partial charge >= 0.3 is 0 Å². The van der Waals surface area contributed by atoms with Gasteiger partial charge in [-0.3, -0.25) is 0 Å². The van der Waals surface area contributed by atoms with Crippen LogP contribution in [0.1, 0.15) is 5.56 Å². The van der Waals surface area contributed by atoms with Crippen LogP contribution < -0.4 is 10.1 Å². The maximum absolute atomic E-state index is 5.28. The molecule has 2 heterocycles. The van der Waals surface area contributed by atoms with E-state index in [1.54, 1.807) is 24.2 Å². The van der Waals surface area contributed by atoms with Gasteiger partial charge in [-0.2, -0.15) is 5.10 Å². The van der Waals surface area contributed by atoms with Gasteiger partial charge in [0.2, 0.25) is 5.95 Å². The molecule has 2 aromatic carbocycles. The summed E-state index contributed by atoms with van der Waals surface area (Å²) in [6.45, 7) is 0.674. The highest BCUT2D eigenvalue weighted by molar-refractivity contribution is 5.59. The Morgan fingerprint density at radius 2 is 1.93 bits per heavy atom. The molecular formula is C21H19N5O. The molecule has 0 bridgehead atoms. The number of nitrogens with one attached hydrogen (secondary N) is 1. The Kier molecular flexibility index (Phi) is 4.78. The van der Waals surface area contributed by atoms with Gasteiger partial charge in [0.1, 0.15) is 5.75 Å². The smallest absolute Gasteiger partial charge is 0.223 e. The monoisotopic (exact) mass is 357 g/mol. The van der Waals surface area contributed by atoms with E-state index in [4.69, 9.17) is 4.74 Å². The van der Waals surface area contributed by atoms with Gasteiger partial charge in [0.05, 0.1) is 24.7 Å². The van der Waals surface area contributed by atoms with E-state index in [1.165, 1.54) is 5.56 Å². The Balaban J connectivity index is 1.53. The van der Waals surface area contributed by atoms with E-state index in [2.05, 4.69) is 32.5 Å². The summed E-state index contributed by atoms with van der Waals surface area (Å²) in [7, 11) is 1.65. The first-order chi connectivity index (χ1) is 13.3. The lowest BCUT2D eigenvalue weighted by molar-refractivity contribution is 0.414. The first kappa shape index (κ1) is 16.8. The summed E-state index contributed by atoms with van der Waals surface area (Å²) in [4.78, 5) is 8.90. The molecule has 0 aliphatic heterocycles. The standard InChI is InChI=1S/C21H19N5O/c1-27-19-9-5-8-18(12-19)26-15-17(14-24-26)20-10-11-22-21(25-20)23-13-16-6-3-2-4-7-16/h2-12,14-15H,13H2,1H3,(H,22,23,25). The summed E-state index contributed by atoms with van der Waals surface area (Å²) >= 11 is 0. The van der Waals surface area contributed by atoms with Crippen molar-refractivity contribution in [3.63, 3.8) is 0 Å². The zero-order valence-electron chi connectivity index (χ0n) is 14.9. The van der Waals surface area contributed by atoms with Gasteiger partial charge in [-0.05, 0) is 23.8 Å². The second-order valence-corrected chi connectivity index (χ2v) is 5.98. The average molecular weight is 357 g/mol. The fourth-order valence-corrected chi connectivity index (χ4v) is 2.73. The van der Waals surface area contributed by atoms with E-state index >= 15 is 0 Å². The van der Waals surface area contributed by atoms with Crippen LogP contribution in [0, 0.1) is 0 Å². The lowest BCUT2D eigenvalue weighted by atomic mass is 10.2. The second-order valence-electron chi connectivity index (χ2n) is 5.98. The van der Waals surface area contributed by atoms with Crippen molar-refractivity contribution in [1.82, 2.24) is 19.7 Å². The normalized spacial score (nSPS) is 10.6. The minimum atomic E-state index is 0.588. The van der Waals surface area contributed by atoms with Crippen molar-refractivity contribution >= 4 is 5.95 Å². The van der Waals surface area contributed by atoms with Crippen molar-refractivity contribution in [3.8, 4) is 22.7 Å². The van der Waals surface area contributed by atoms with Crippen LogP contribution in [0.2, 0.25) is 0 Å². The van der Waals surface area contributed by atoms with Crippen molar-refractivity contribution in [2.45, 2.75) is 6.54 Å². The summed E-state index contributed by atoms with van der Waals surface area (Å²) in [6.07, 6.45) is 5.49. The Hall–Kier alpha value is -3.67. The number of ether oxygens (including phenoxy) is 1. The SMILES string of the molecule is COc1cccc(-n2cc(-c3ccnc(NCc4ccccc4)n3)cn2)c1. The fourth-order valence-electron chi connectivity index (χ4n) is 2.73. The fraction of sp³-hybridized carbons (Fsp3) is 0.0952. The molecule has 0 saturated heterocycles. The van der Waals surface area contributed by atoms with Crippen molar-refractivity contribution in [2.24, 2.45) is 0 Å². The molecule has 2 aromatic heterocycles. The Morgan fingerprint density at radius 3 is 2.78 bits per heavy atom. The molecule has 0 atom stereocenters. The topological polar surface area (TPSA) is 64.9 Å². The molecular weight excluding hydrogens is 338 g/mol. The van der Waals surface area contributed by atoms with E-state index in [9.17, 15) is 0 Å². The number of anilines is 1. The molecule has 1 N–H and O–H groups in total. The van der Waals surface area contributed by atoms with E-state index < -0.39 is 0 Å². The summed E-state index contributed by atoms with van der Waals surface area (Å²) in [5, 5.41) is 7.70. The third-order valence-electron chi connectivity index (χ3n) is 4.15. The molecule has 0 amide bonds. The Labute approximate surface area is 157 Å². The quantitative estimate of drug-likeness (QED) is 0.566. The van der Waals surface area contributed by atoms with Crippen LogP contribution in [0.4, 0.5) is 5.95 Å². The lowest BCUT2D eigenvalue weighted by Gasteiger charge is -2.06. The van der Waals surface area contributed by atoms with E-state index in [1.807, 2.05) is 54.7 Å². The first-order valence-electron chi connectivity index (χ1n) is 8.62. The molecule has 0 saturated carbocycles. The summed E-state index contributed by atoms with van der Waals surface area (Å²) in [5.41, 5.74) is 3.84. The molecule has 27 heavy (non-hydrogen) atoms. The number of nitrogens with zero attached hydrogens (tertiary/aromatic N) is 4. The van der Waals surface area contributed by atoms with Crippen molar-refractivity contribution in [1.29, 1.82) is 0 Å². The van der Waals surface area contributed by atoms with E-state index in [0.29, 0.717) is 12.5 Å². The van der Waals surface area contributed by atoms with Crippen LogP contribution in [0.5, 0.6) is 5.75 Å². The lowest BCUT2D eigenvalue weighted by Crippen LogP contribution is -2.03. The molecule has 0 aliphatic carbocycles. The van der Waals surface area contributed by atoms with Crippen LogP contribution in [0.25, 0.3) is 16.9 Å². The molecule has 0 fully saturated rings. The number of hydrogen-bond donors (Lipinski definition) is 1. The average Bonchev–Trinajstić information content (AvgIpc) is 3.24. The van der Waals surface area contributed by atoms with Gasteiger partial charge in [0.15, 0.2) is 0 Å². The van der Waals surface area contributed by atoms with E-state index in [-0.39, 0.29) is 0 Å². The van der Waals surface area contributed by atoms with Crippen LogP contribution in [0.15, 0.2) is 79.3 Å². The largest absolute Gasteiger partial charge is 0.497 e. The van der Waals surface area contributed by atoms with Gasteiger partial charge in [0, 0.05) is 30.6 Å². The van der Waals surface area contributed by atoms with Crippen LogP contribution in [-0.4, -0.2) is 26.9 Å². The van der Waals surface area contributed by atoms with Crippen LogP contribution in [-0.2, 0) is 6.54 Å². The van der Waals surface area contributed by atoms with Gasteiger partial charge in [-0.25, -0.2) is 14.6 Å². The van der Waals surface area contributed by atoms with Crippen molar-refractivity contribution in [3.05, 3.63) is 84.8 Å².